The number of hydrogen-bond acceptors (Lipinski definition) is 6. The van der Waals surface area contributed by atoms with Crippen LogP contribution in [0, 0.1) is 0 Å². The van der Waals surface area contributed by atoms with Crippen molar-refractivity contribution >= 4 is 40.6 Å². The van der Waals surface area contributed by atoms with Crippen molar-refractivity contribution in [1.29, 1.82) is 0 Å². The number of anilines is 1. The number of methoxy groups -OCH3 is 1. The van der Waals surface area contributed by atoms with Gasteiger partial charge in [0.15, 0.2) is 0 Å². The lowest BCUT2D eigenvalue weighted by molar-refractivity contribution is -0.129. The molecule has 28 heavy (non-hydrogen) atoms. The van der Waals surface area contributed by atoms with Gasteiger partial charge >= 0.3 is 0 Å². The summed E-state index contributed by atoms with van der Waals surface area (Å²) in [6.45, 7) is 2.88. The maximum absolute atomic E-state index is 12.5. The van der Waals surface area contributed by atoms with Crippen LogP contribution in [0.25, 0.3) is 6.08 Å². The normalized spacial score (nSPS) is 18.4. The first-order chi connectivity index (χ1) is 13.6. The molecule has 3 amide bonds. The van der Waals surface area contributed by atoms with Crippen molar-refractivity contribution < 1.29 is 19.1 Å². The van der Waals surface area contributed by atoms with Gasteiger partial charge in [0.05, 0.1) is 4.91 Å². The molecule has 1 aromatic carbocycles. The zero-order chi connectivity index (χ0) is 19.9. The Bertz CT molecular complexity index is 757. The second kappa shape index (κ2) is 9.75. The van der Waals surface area contributed by atoms with E-state index >= 15 is 0 Å². The fourth-order valence-corrected chi connectivity index (χ4v) is 4.03. The molecule has 7 nitrogen and oxygen atoms in total. The van der Waals surface area contributed by atoms with E-state index in [-0.39, 0.29) is 12.5 Å². The van der Waals surface area contributed by atoms with Gasteiger partial charge < -0.3 is 15.0 Å². The van der Waals surface area contributed by atoms with Crippen LogP contribution in [-0.4, -0.2) is 61.8 Å². The Labute approximate surface area is 169 Å². The van der Waals surface area contributed by atoms with Crippen LogP contribution in [0.3, 0.4) is 0 Å². The molecule has 0 bridgehead atoms. The minimum absolute atomic E-state index is 0.261. The van der Waals surface area contributed by atoms with Crippen molar-refractivity contribution in [2.75, 3.05) is 44.8 Å². The number of imide groups is 1. The summed E-state index contributed by atoms with van der Waals surface area (Å²) in [5, 5.41) is 2.27. The van der Waals surface area contributed by atoms with Crippen LogP contribution >= 0.6 is 11.8 Å². The van der Waals surface area contributed by atoms with Crippen LogP contribution in [0.4, 0.5) is 10.5 Å². The third-order valence-electron chi connectivity index (χ3n) is 4.68. The number of rotatable bonds is 8. The average Bonchev–Trinajstić information content (AvgIpc) is 3.31. The summed E-state index contributed by atoms with van der Waals surface area (Å²) in [6, 6.07) is 7.97. The van der Waals surface area contributed by atoms with Crippen LogP contribution in [-0.2, 0) is 14.3 Å². The Morgan fingerprint density at radius 1 is 1.21 bits per heavy atom. The quantitative estimate of drug-likeness (QED) is 0.531. The van der Waals surface area contributed by atoms with E-state index in [2.05, 4.69) is 10.2 Å². The predicted octanol–water partition coefficient (Wildman–Crippen LogP) is 2.48. The van der Waals surface area contributed by atoms with E-state index in [4.69, 9.17) is 4.74 Å². The van der Waals surface area contributed by atoms with E-state index in [1.54, 1.807) is 13.2 Å². The molecule has 0 unspecified atom stereocenters. The first kappa shape index (κ1) is 20.4. The van der Waals surface area contributed by atoms with E-state index in [1.165, 1.54) is 18.5 Å². The Balaban J connectivity index is 1.58. The summed E-state index contributed by atoms with van der Waals surface area (Å²) in [4.78, 5) is 40.3. The van der Waals surface area contributed by atoms with E-state index in [1.807, 2.05) is 24.3 Å². The highest BCUT2D eigenvalue weighted by molar-refractivity contribution is 8.18. The molecule has 2 saturated heterocycles. The van der Waals surface area contributed by atoms with Crippen molar-refractivity contribution in [1.82, 2.24) is 10.2 Å². The van der Waals surface area contributed by atoms with Crippen LogP contribution in [0.1, 0.15) is 24.8 Å². The Morgan fingerprint density at radius 2 is 1.93 bits per heavy atom. The lowest BCUT2D eigenvalue weighted by atomic mass is 10.2. The highest BCUT2D eigenvalue weighted by Crippen LogP contribution is 2.32. The number of ether oxygens (including phenoxy) is 1. The zero-order valence-corrected chi connectivity index (χ0v) is 16.8. The summed E-state index contributed by atoms with van der Waals surface area (Å²) in [5.41, 5.74) is 2.03. The Morgan fingerprint density at radius 3 is 2.61 bits per heavy atom. The molecule has 2 aliphatic heterocycles. The number of amides is 3. The van der Waals surface area contributed by atoms with Crippen LogP contribution in [0.15, 0.2) is 29.2 Å². The summed E-state index contributed by atoms with van der Waals surface area (Å²) in [6.07, 6.45) is 4.82. The maximum atomic E-state index is 12.5. The summed E-state index contributed by atoms with van der Waals surface area (Å²) in [5.74, 6) is -0.778. The molecule has 1 aromatic rings. The highest BCUT2D eigenvalue weighted by Gasteiger charge is 2.36. The van der Waals surface area contributed by atoms with Crippen LogP contribution in [0.2, 0.25) is 0 Å². The van der Waals surface area contributed by atoms with Crippen LogP contribution < -0.4 is 10.2 Å². The SMILES string of the molecule is COCCCNC(=O)CN1C(=O)S/C(=C\c2ccc(N3CCCC3)cc2)C1=O. The molecule has 0 spiro atoms. The molecule has 3 rings (SSSR count). The van der Waals surface area contributed by atoms with Gasteiger partial charge in [-0.15, -0.1) is 0 Å². The molecule has 0 aliphatic carbocycles. The predicted molar refractivity (Wildman–Crippen MR) is 110 cm³/mol. The number of hydrogen-bond donors (Lipinski definition) is 1. The Hall–Kier alpha value is -2.32. The largest absolute Gasteiger partial charge is 0.385 e. The highest BCUT2D eigenvalue weighted by atomic mass is 32.2. The molecule has 0 atom stereocenters. The van der Waals surface area contributed by atoms with Crippen LogP contribution in [0.5, 0.6) is 0 Å². The van der Waals surface area contributed by atoms with E-state index in [0.717, 1.165) is 35.3 Å². The molecule has 2 fully saturated rings. The molecule has 2 heterocycles. The van der Waals surface area contributed by atoms with Gasteiger partial charge in [0, 0.05) is 39.0 Å². The van der Waals surface area contributed by atoms with Crippen molar-refractivity contribution in [2.24, 2.45) is 0 Å². The number of nitrogens with zero attached hydrogens (tertiary/aromatic N) is 2. The minimum Gasteiger partial charge on any atom is -0.385 e. The number of carbonyl (C=O) groups excluding carboxylic acids is 3. The number of benzene rings is 1. The van der Waals surface area contributed by atoms with Gasteiger partial charge in [-0.2, -0.15) is 0 Å². The Kier molecular flexibility index (Phi) is 7.11. The van der Waals surface area contributed by atoms with Crippen molar-refractivity contribution in [3.8, 4) is 0 Å². The first-order valence-electron chi connectivity index (χ1n) is 9.44. The van der Waals surface area contributed by atoms with Crippen molar-refractivity contribution in [3.05, 3.63) is 34.7 Å². The first-order valence-corrected chi connectivity index (χ1v) is 10.3. The van der Waals surface area contributed by atoms with E-state index < -0.39 is 11.1 Å². The lowest BCUT2D eigenvalue weighted by Crippen LogP contribution is -2.39. The molecule has 8 heteroatoms. The second-order valence-corrected chi connectivity index (χ2v) is 7.74. The smallest absolute Gasteiger partial charge is 0.294 e. The van der Waals surface area contributed by atoms with Gasteiger partial charge in [0.25, 0.3) is 11.1 Å². The standard InChI is InChI=1S/C20H25N3O4S/c1-27-12-4-9-21-18(24)14-23-19(25)17(28-20(23)26)13-15-5-7-16(8-6-15)22-10-2-3-11-22/h5-8,13H,2-4,9-12,14H2,1H3,(H,21,24)/b17-13-. The fourth-order valence-electron chi connectivity index (χ4n) is 3.19. The molecule has 0 radical (unpaired) electrons. The molecule has 1 N–H and O–H groups in total. The molecular weight excluding hydrogens is 378 g/mol. The van der Waals surface area contributed by atoms with E-state index in [0.29, 0.717) is 24.5 Å². The van der Waals surface area contributed by atoms with Gasteiger partial charge in [-0.05, 0) is 54.8 Å². The summed E-state index contributed by atoms with van der Waals surface area (Å²) < 4.78 is 4.91. The van der Waals surface area contributed by atoms with Gasteiger partial charge in [0.2, 0.25) is 5.91 Å². The average molecular weight is 404 g/mol. The van der Waals surface area contributed by atoms with E-state index in [9.17, 15) is 14.4 Å². The number of nitrogens with one attached hydrogen (secondary N) is 1. The maximum Gasteiger partial charge on any atom is 0.294 e. The summed E-state index contributed by atoms with van der Waals surface area (Å²) >= 11 is 0.868. The minimum atomic E-state index is -0.425. The van der Waals surface area contributed by atoms with Gasteiger partial charge in [0.1, 0.15) is 6.54 Å². The molecule has 0 saturated carbocycles. The number of thioether (sulfide) groups is 1. The monoisotopic (exact) mass is 403 g/mol. The third kappa shape index (κ3) is 5.14. The summed E-state index contributed by atoms with van der Waals surface area (Å²) in [7, 11) is 1.59. The molecule has 0 aromatic heterocycles. The third-order valence-corrected chi connectivity index (χ3v) is 5.59. The molecule has 2 aliphatic rings. The van der Waals surface area contributed by atoms with Crippen molar-refractivity contribution in [3.63, 3.8) is 0 Å². The molecule has 150 valence electrons. The second-order valence-electron chi connectivity index (χ2n) is 6.75. The topological polar surface area (TPSA) is 79.0 Å². The lowest BCUT2D eigenvalue weighted by Gasteiger charge is -2.17. The zero-order valence-electron chi connectivity index (χ0n) is 16.0. The van der Waals surface area contributed by atoms with Gasteiger partial charge in [-0.1, -0.05) is 12.1 Å². The fraction of sp³-hybridized carbons (Fsp3) is 0.450. The molecular formula is C20H25N3O4S. The van der Waals surface area contributed by atoms with Gasteiger partial charge in [-0.25, -0.2) is 0 Å². The number of carbonyl (C=O) groups is 3. The van der Waals surface area contributed by atoms with Crippen molar-refractivity contribution in [2.45, 2.75) is 19.3 Å². The van der Waals surface area contributed by atoms with Gasteiger partial charge in [-0.3, -0.25) is 19.3 Å².